The van der Waals surface area contributed by atoms with E-state index in [-0.39, 0.29) is 23.9 Å². The van der Waals surface area contributed by atoms with Crippen LogP contribution in [0.2, 0.25) is 0 Å². The van der Waals surface area contributed by atoms with E-state index in [0.717, 1.165) is 30.2 Å². The first kappa shape index (κ1) is 14.5. The van der Waals surface area contributed by atoms with Crippen LogP contribution in [-0.4, -0.2) is 18.0 Å². The van der Waals surface area contributed by atoms with E-state index < -0.39 is 0 Å². The predicted octanol–water partition coefficient (Wildman–Crippen LogP) is 2.62. The molecule has 1 saturated carbocycles. The normalized spacial score (nSPS) is 24.2. The lowest BCUT2D eigenvalue weighted by atomic mass is 10.0. The van der Waals surface area contributed by atoms with Crippen LogP contribution in [0.1, 0.15) is 31.7 Å². The van der Waals surface area contributed by atoms with Crippen molar-refractivity contribution in [1.29, 1.82) is 0 Å². The number of hydrogen-bond donors (Lipinski definition) is 2. The van der Waals surface area contributed by atoms with Gasteiger partial charge in [-0.05, 0) is 44.2 Å². The van der Waals surface area contributed by atoms with Crippen LogP contribution < -0.4 is 11.1 Å². The van der Waals surface area contributed by atoms with E-state index in [9.17, 15) is 4.79 Å². The fourth-order valence-corrected chi connectivity index (χ4v) is 3.11. The van der Waals surface area contributed by atoms with Crippen LogP contribution >= 0.6 is 15.9 Å². The van der Waals surface area contributed by atoms with Gasteiger partial charge in [-0.15, -0.1) is 0 Å². The Bertz CT molecular complexity index is 450. The van der Waals surface area contributed by atoms with E-state index in [1.807, 2.05) is 25.1 Å². The highest BCUT2D eigenvalue weighted by molar-refractivity contribution is 9.10. The van der Waals surface area contributed by atoms with Crippen molar-refractivity contribution in [3.8, 4) is 0 Å². The molecule has 3 unspecified atom stereocenters. The summed E-state index contributed by atoms with van der Waals surface area (Å²) in [4.78, 5) is 12.1. The van der Waals surface area contributed by atoms with E-state index >= 15 is 0 Å². The fourth-order valence-electron chi connectivity index (χ4n) is 2.66. The Balaban J connectivity index is 1.86. The molecule has 19 heavy (non-hydrogen) atoms. The van der Waals surface area contributed by atoms with Gasteiger partial charge in [0.25, 0.3) is 0 Å². The topological polar surface area (TPSA) is 55.1 Å². The zero-order chi connectivity index (χ0) is 13.8. The average Bonchev–Trinajstić information content (AvgIpc) is 2.79. The number of carbonyl (C=O) groups is 1. The molecule has 2 rings (SSSR count). The van der Waals surface area contributed by atoms with Crippen LogP contribution in [0.25, 0.3) is 0 Å². The molecule has 0 aliphatic heterocycles. The van der Waals surface area contributed by atoms with Crippen molar-refractivity contribution in [3.63, 3.8) is 0 Å². The zero-order valence-electron chi connectivity index (χ0n) is 11.2. The summed E-state index contributed by atoms with van der Waals surface area (Å²) >= 11 is 3.54. The first-order valence-corrected chi connectivity index (χ1v) is 7.65. The van der Waals surface area contributed by atoms with E-state index in [1.165, 1.54) is 5.56 Å². The SMILES string of the molecule is CC(Cc1ccccc1Br)NC(=O)C1CCC(N)C1. The lowest BCUT2D eigenvalue weighted by Crippen LogP contribution is -2.38. The second-order valence-electron chi connectivity index (χ2n) is 5.48. The zero-order valence-corrected chi connectivity index (χ0v) is 12.8. The number of amides is 1. The van der Waals surface area contributed by atoms with Gasteiger partial charge in [0.2, 0.25) is 5.91 Å². The molecule has 1 aromatic rings. The summed E-state index contributed by atoms with van der Waals surface area (Å²) in [5, 5.41) is 3.10. The van der Waals surface area contributed by atoms with Crippen molar-refractivity contribution >= 4 is 21.8 Å². The van der Waals surface area contributed by atoms with Crippen LogP contribution in [0, 0.1) is 5.92 Å². The van der Waals surface area contributed by atoms with Crippen molar-refractivity contribution in [2.24, 2.45) is 11.7 Å². The van der Waals surface area contributed by atoms with Gasteiger partial charge in [0.15, 0.2) is 0 Å². The molecule has 0 heterocycles. The van der Waals surface area contributed by atoms with Gasteiger partial charge in [-0.3, -0.25) is 4.79 Å². The van der Waals surface area contributed by atoms with Crippen LogP contribution in [0.15, 0.2) is 28.7 Å². The summed E-state index contributed by atoms with van der Waals surface area (Å²) in [5.74, 6) is 0.268. The third kappa shape index (κ3) is 4.05. The minimum atomic E-state index is 0.108. The van der Waals surface area contributed by atoms with E-state index in [2.05, 4.69) is 27.3 Å². The molecule has 4 heteroatoms. The minimum absolute atomic E-state index is 0.108. The quantitative estimate of drug-likeness (QED) is 0.894. The Labute approximate surface area is 123 Å². The van der Waals surface area contributed by atoms with Gasteiger partial charge >= 0.3 is 0 Å². The number of hydrogen-bond acceptors (Lipinski definition) is 2. The molecule has 0 spiro atoms. The van der Waals surface area contributed by atoms with Gasteiger partial charge in [0, 0.05) is 22.5 Å². The van der Waals surface area contributed by atoms with Crippen molar-refractivity contribution in [2.75, 3.05) is 0 Å². The largest absolute Gasteiger partial charge is 0.353 e. The fraction of sp³-hybridized carbons (Fsp3) is 0.533. The highest BCUT2D eigenvalue weighted by Gasteiger charge is 2.28. The molecule has 104 valence electrons. The average molecular weight is 325 g/mol. The van der Waals surface area contributed by atoms with Crippen LogP contribution in [0.4, 0.5) is 0 Å². The van der Waals surface area contributed by atoms with Gasteiger partial charge < -0.3 is 11.1 Å². The van der Waals surface area contributed by atoms with Gasteiger partial charge in [0.05, 0.1) is 0 Å². The van der Waals surface area contributed by atoms with Crippen molar-refractivity contribution in [2.45, 2.75) is 44.7 Å². The van der Waals surface area contributed by atoms with Gasteiger partial charge in [-0.2, -0.15) is 0 Å². The van der Waals surface area contributed by atoms with E-state index in [1.54, 1.807) is 0 Å². The number of rotatable bonds is 4. The highest BCUT2D eigenvalue weighted by Crippen LogP contribution is 2.24. The summed E-state index contributed by atoms with van der Waals surface area (Å²) in [6.45, 7) is 2.05. The molecular weight excluding hydrogens is 304 g/mol. The molecule has 3 atom stereocenters. The molecule has 0 saturated heterocycles. The molecule has 3 N–H and O–H groups in total. The summed E-state index contributed by atoms with van der Waals surface area (Å²) in [6.07, 6.45) is 3.56. The molecular formula is C15H21BrN2O. The monoisotopic (exact) mass is 324 g/mol. The van der Waals surface area contributed by atoms with E-state index in [0.29, 0.717) is 0 Å². The van der Waals surface area contributed by atoms with Crippen molar-refractivity contribution in [1.82, 2.24) is 5.32 Å². The smallest absolute Gasteiger partial charge is 0.223 e. The third-order valence-corrected chi connectivity index (χ3v) is 4.49. The number of nitrogens with one attached hydrogen (secondary N) is 1. The Kier molecular flexibility index (Phi) is 4.99. The number of carbonyl (C=O) groups excluding carboxylic acids is 1. The first-order chi connectivity index (χ1) is 9.06. The molecule has 0 bridgehead atoms. The lowest BCUT2D eigenvalue weighted by molar-refractivity contribution is -0.125. The molecule has 1 aliphatic carbocycles. The van der Waals surface area contributed by atoms with Crippen molar-refractivity contribution in [3.05, 3.63) is 34.3 Å². The summed E-state index contributed by atoms with van der Waals surface area (Å²) in [7, 11) is 0. The Morgan fingerprint density at radius 1 is 1.47 bits per heavy atom. The number of nitrogens with two attached hydrogens (primary N) is 1. The number of benzene rings is 1. The Hall–Kier alpha value is -0.870. The standard InChI is InChI=1S/C15H21BrN2O/c1-10(8-11-4-2-3-5-14(11)16)18-15(19)12-6-7-13(17)9-12/h2-5,10,12-13H,6-9,17H2,1H3,(H,18,19). The molecule has 1 amide bonds. The maximum Gasteiger partial charge on any atom is 0.223 e. The van der Waals surface area contributed by atoms with Gasteiger partial charge in [0.1, 0.15) is 0 Å². The maximum absolute atomic E-state index is 12.1. The molecule has 0 radical (unpaired) electrons. The minimum Gasteiger partial charge on any atom is -0.353 e. The number of halogens is 1. The Morgan fingerprint density at radius 3 is 2.84 bits per heavy atom. The third-order valence-electron chi connectivity index (χ3n) is 3.72. The molecule has 1 fully saturated rings. The van der Waals surface area contributed by atoms with Crippen molar-refractivity contribution < 1.29 is 4.79 Å². The van der Waals surface area contributed by atoms with E-state index in [4.69, 9.17) is 5.73 Å². The van der Waals surface area contributed by atoms with Gasteiger partial charge in [-0.25, -0.2) is 0 Å². The Morgan fingerprint density at radius 2 is 2.21 bits per heavy atom. The second kappa shape index (κ2) is 6.53. The molecule has 3 nitrogen and oxygen atoms in total. The van der Waals surface area contributed by atoms with Gasteiger partial charge in [-0.1, -0.05) is 34.1 Å². The van der Waals surface area contributed by atoms with Crippen LogP contribution in [0.3, 0.4) is 0 Å². The molecule has 0 aromatic heterocycles. The molecule has 1 aliphatic rings. The van der Waals surface area contributed by atoms with Crippen LogP contribution in [-0.2, 0) is 11.2 Å². The summed E-state index contributed by atoms with van der Waals surface area (Å²) in [5.41, 5.74) is 7.07. The summed E-state index contributed by atoms with van der Waals surface area (Å²) in [6, 6.07) is 8.47. The maximum atomic E-state index is 12.1. The summed E-state index contributed by atoms with van der Waals surface area (Å²) < 4.78 is 1.10. The molecule has 1 aromatic carbocycles. The second-order valence-corrected chi connectivity index (χ2v) is 6.33. The predicted molar refractivity (Wildman–Crippen MR) is 80.8 cm³/mol. The van der Waals surface area contributed by atoms with Crippen LogP contribution in [0.5, 0.6) is 0 Å². The highest BCUT2D eigenvalue weighted by atomic mass is 79.9. The lowest BCUT2D eigenvalue weighted by Gasteiger charge is -2.17. The first-order valence-electron chi connectivity index (χ1n) is 6.85.